The fraction of sp³-hybridized carbons (Fsp3) is 0.105. The summed E-state index contributed by atoms with van der Waals surface area (Å²) in [5.74, 6) is -1.28. The number of aromatic nitrogens is 2. The Balaban J connectivity index is 1.85. The molecule has 3 rings (SSSR count). The average molecular weight is 441 g/mol. The van der Waals surface area contributed by atoms with Crippen molar-refractivity contribution in [1.82, 2.24) is 15.3 Å². The molecule has 29 heavy (non-hydrogen) atoms. The number of hydrogen-bond acceptors (Lipinski definition) is 4. The van der Waals surface area contributed by atoms with Crippen LogP contribution in [-0.2, 0) is 12.7 Å². The summed E-state index contributed by atoms with van der Waals surface area (Å²) in [6.07, 6.45) is -4.03. The predicted octanol–water partition coefficient (Wildman–Crippen LogP) is 5.48. The van der Waals surface area contributed by atoms with Crippen LogP contribution in [0.3, 0.4) is 0 Å². The van der Waals surface area contributed by atoms with Crippen LogP contribution in [0.5, 0.6) is 0 Å². The van der Waals surface area contributed by atoms with Crippen molar-refractivity contribution in [2.24, 2.45) is 0 Å². The summed E-state index contributed by atoms with van der Waals surface area (Å²) in [4.78, 5) is 19.6. The number of nitrogens with one attached hydrogen (secondary N) is 2. The number of rotatable bonds is 5. The lowest BCUT2D eigenvalue weighted by Crippen LogP contribution is -2.27. The maximum absolute atomic E-state index is 13.5. The second-order valence-electron chi connectivity index (χ2n) is 5.91. The highest BCUT2D eigenvalue weighted by Crippen LogP contribution is 2.32. The van der Waals surface area contributed by atoms with Gasteiger partial charge in [-0.05, 0) is 23.8 Å². The van der Waals surface area contributed by atoms with Crippen LogP contribution < -0.4 is 10.6 Å². The van der Waals surface area contributed by atoms with Gasteiger partial charge in [0.15, 0.2) is 5.69 Å². The van der Waals surface area contributed by atoms with Crippen molar-refractivity contribution in [3.05, 3.63) is 81.6 Å². The number of amides is 1. The molecule has 1 heterocycles. The molecule has 10 heteroatoms. The molecular formula is C19H13Cl2F3N4O. The first kappa shape index (κ1) is 20.9. The van der Waals surface area contributed by atoms with Crippen LogP contribution in [0.1, 0.15) is 21.6 Å². The van der Waals surface area contributed by atoms with Gasteiger partial charge in [-0.25, -0.2) is 9.97 Å². The first-order valence-corrected chi connectivity index (χ1v) is 8.97. The SMILES string of the molecule is O=C(NCc1ccccc1)c1cnc(Nc2cc(Cl)cc(Cl)c2)nc1C(F)(F)F. The molecule has 0 aliphatic carbocycles. The molecule has 2 aromatic carbocycles. The third kappa shape index (κ3) is 5.58. The van der Waals surface area contributed by atoms with E-state index in [1.54, 1.807) is 30.3 Å². The van der Waals surface area contributed by atoms with E-state index in [1.165, 1.54) is 18.2 Å². The average Bonchev–Trinajstić information content (AvgIpc) is 2.65. The van der Waals surface area contributed by atoms with Gasteiger partial charge in [0.2, 0.25) is 5.95 Å². The Bertz CT molecular complexity index is 1010. The summed E-state index contributed by atoms with van der Waals surface area (Å²) < 4.78 is 40.4. The van der Waals surface area contributed by atoms with Crippen LogP contribution in [-0.4, -0.2) is 15.9 Å². The summed E-state index contributed by atoms with van der Waals surface area (Å²) in [5, 5.41) is 5.61. The standard InChI is InChI=1S/C19H13Cl2F3N4O/c20-12-6-13(21)8-14(7-12)27-18-26-10-15(16(28-18)19(22,23)24)17(29)25-9-11-4-2-1-3-5-11/h1-8,10H,9H2,(H,25,29)(H,26,27,28). The fourth-order valence-electron chi connectivity index (χ4n) is 2.45. The highest BCUT2D eigenvalue weighted by molar-refractivity contribution is 6.35. The number of benzene rings is 2. The summed E-state index contributed by atoms with van der Waals surface area (Å²) in [6, 6.07) is 13.2. The Morgan fingerprint density at radius 2 is 1.69 bits per heavy atom. The van der Waals surface area contributed by atoms with Crippen LogP contribution in [0.2, 0.25) is 10.0 Å². The molecule has 5 nitrogen and oxygen atoms in total. The molecule has 0 radical (unpaired) electrons. The molecule has 0 aliphatic heterocycles. The number of carbonyl (C=O) groups is 1. The Morgan fingerprint density at radius 1 is 1.03 bits per heavy atom. The number of alkyl halides is 3. The van der Waals surface area contributed by atoms with E-state index in [9.17, 15) is 18.0 Å². The molecule has 0 atom stereocenters. The van der Waals surface area contributed by atoms with Crippen molar-refractivity contribution in [3.8, 4) is 0 Å². The normalized spacial score (nSPS) is 11.2. The molecule has 150 valence electrons. The van der Waals surface area contributed by atoms with Gasteiger partial charge < -0.3 is 10.6 Å². The molecule has 0 saturated carbocycles. The van der Waals surface area contributed by atoms with Gasteiger partial charge in [-0.2, -0.15) is 13.2 Å². The zero-order chi connectivity index (χ0) is 21.0. The molecule has 1 aromatic heterocycles. The van der Waals surface area contributed by atoms with Crippen molar-refractivity contribution in [1.29, 1.82) is 0 Å². The van der Waals surface area contributed by atoms with E-state index < -0.39 is 23.3 Å². The highest BCUT2D eigenvalue weighted by atomic mass is 35.5. The number of anilines is 2. The number of hydrogen-bond donors (Lipinski definition) is 2. The Hall–Kier alpha value is -2.84. The monoisotopic (exact) mass is 440 g/mol. The molecule has 3 aromatic rings. The molecule has 2 N–H and O–H groups in total. The third-order valence-corrected chi connectivity index (χ3v) is 4.15. The molecule has 0 spiro atoms. The van der Waals surface area contributed by atoms with Gasteiger partial charge in [0, 0.05) is 28.5 Å². The first-order chi connectivity index (χ1) is 13.7. The zero-order valence-electron chi connectivity index (χ0n) is 14.6. The van der Waals surface area contributed by atoms with Crippen molar-refractivity contribution >= 4 is 40.7 Å². The molecule has 1 amide bonds. The van der Waals surface area contributed by atoms with Gasteiger partial charge in [0.05, 0.1) is 5.56 Å². The summed E-state index contributed by atoms with van der Waals surface area (Å²) in [6.45, 7) is 0.0674. The zero-order valence-corrected chi connectivity index (χ0v) is 16.1. The van der Waals surface area contributed by atoms with E-state index in [1.807, 2.05) is 0 Å². The largest absolute Gasteiger partial charge is 0.434 e. The molecular weight excluding hydrogens is 428 g/mol. The van der Waals surface area contributed by atoms with Gasteiger partial charge in [0.25, 0.3) is 5.91 Å². The minimum Gasteiger partial charge on any atom is -0.348 e. The van der Waals surface area contributed by atoms with Gasteiger partial charge in [-0.1, -0.05) is 53.5 Å². The second kappa shape index (κ2) is 8.67. The van der Waals surface area contributed by atoms with Crippen LogP contribution in [0.15, 0.2) is 54.7 Å². The Morgan fingerprint density at radius 3 is 2.31 bits per heavy atom. The minimum absolute atomic E-state index is 0.0674. The van der Waals surface area contributed by atoms with E-state index in [2.05, 4.69) is 20.6 Å². The van der Waals surface area contributed by atoms with E-state index in [0.29, 0.717) is 5.69 Å². The minimum atomic E-state index is -4.86. The van der Waals surface area contributed by atoms with E-state index in [4.69, 9.17) is 23.2 Å². The van der Waals surface area contributed by atoms with Crippen molar-refractivity contribution in [2.45, 2.75) is 12.7 Å². The molecule has 0 bridgehead atoms. The number of carbonyl (C=O) groups excluding carboxylic acids is 1. The predicted molar refractivity (Wildman–Crippen MR) is 104 cm³/mol. The quantitative estimate of drug-likeness (QED) is 0.551. The second-order valence-corrected chi connectivity index (χ2v) is 6.78. The lowest BCUT2D eigenvalue weighted by atomic mass is 10.2. The summed E-state index contributed by atoms with van der Waals surface area (Å²) in [5.41, 5.74) is -0.986. The fourth-order valence-corrected chi connectivity index (χ4v) is 2.98. The summed E-state index contributed by atoms with van der Waals surface area (Å²) in [7, 11) is 0. The van der Waals surface area contributed by atoms with Gasteiger partial charge in [0.1, 0.15) is 0 Å². The van der Waals surface area contributed by atoms with Crippen LogP contribution in [0.4, 0.5) is 24.8 Å². The van der Waals surface area contributed by atoms with Gasteiger partial charge in [-0.15, -0.1) is 0 Å². The number of nitrogens with zero attached hydrogens (tertiary/aromatic N) is 2. The van der Waals surface area contributed by atoms with E-state index in [-0.39, 0.29) is 22.5 Å². The topological polar surface area (TPSA) is 66.9 Å². The smallest absolute Gasteiger partial charge is 0.348 e. The van der Waals surface area contributed by atoms with Crippen molar-refractivity contribution in [3.63, 3.8) is 0 Å². The van der Waals surface area contributed by atoms with E-state index in [0.717, 1.165) is 11.8 Å². The highest BCUT2D eigenvalue weighted by Gasteiger charge is 2.38. The molecule has 0 saturated heterocycles. The molecule has 0 unspecified atom stereocenters. The molecule has 0 aliphatic rings. The van der Waals surface area contributed by atoms with Gasteiger partial charge in [-0.3, -0.25) is 4.79 Å². The summed E-state index contributed by atoms with van der Waals surface area (Å²) >= 11 is 11.7. The van der Waals surface area contributed by atoms with Crippen LogP contribution in [0.25, 0.3) is 0 Å². The Labute approximate surface area is 173 Å². The maximum Gasteiger partial charge on any atom is 0.434 e. The third-order valence-electron chi connectivity index (χ3n) is 3.72. The van der Waals surface area contributed by atoms with E-state index >= 15 is 0 Å². The van der Waals surface area contributed by atoms with Gasteiger partial charge >= 0.3 is 6.18 Å². The van der Waals surface area contributed by atoms with Crippen molar-refractivity contribution in [2.75, 3.05) is 5.32 Å². The number of halogens is 5. The first-order valence-electron chi connectivity index (χ1n) is 8.22. The van der Waals surface area contributed by atoms with Crippen LogP contribution in [0, 0.1) is 0 Å². The lowest BCUT2D eigenvalue weighted by molar-refractivity contribution is -0.141. The Kier molecular flexibility index (Phi) is 6.24. The van der Waals surface area contributed by atoms with Crippen molar-refractivity contribution < 1.29 is 18.0 Å². The van der Waals surface area contributed by atoms with Crippen LogP contribution >= 0.6 is 23.2 Å². The molecule has 0 fully saturated rings. The maximum atomic E-state index is 13.5. The lowest BCUT2D eigenvalue weighted by Gasteiger charge is -2.14.